The number of carbonyl (C=O) groups is 1. The maximum Gasteiger partial charge on any atom is 0.263 e. The Bertz CT molecular complexity index is 1190. The van der Waals surface area contributed by atoms with Crippen molar-refractivity contribution in [1.82, 2.24) is 9.97 Å². The monoisotopic (exact) mass is 482 g/mol. The molecule has 0 bridgehead atoms. The number of sulfonamides is 1. The SMILES string of the molecule is COc1cc(NS(=O)(=O)c2ccc(NC(=O)COc3ccc(Cl)cc3Cl)cc2)ncn1. The molecule has 3 aromatic rings. The van der Waals surface area contributed by atoms with E-state index in [1.807, 2.05) is 0 Å². The highest BCUT2D eigenvalue weighted by Crippen LogP contribution is 2.27. The van der Waals surface area contributed by atoms with Crippen LogP contribution < -0.4 is 19.5 Å². The third-order valence-corrected chi connectivity index (χ3v) is 5.69. The lowest BCUT2D eigenvalue weighted by atomic mass is 10.3. The number of amides is 1. The fraction of sp³-hybridized carbons (Fsp3) is 0.105. The molecule has 0 unspecified atom stereocenters. The van der Waals surface area contributed by atoms with Crippen molar-refractivity contribution in [2.75, 3.05) is 23.8 Å². The molecular weight excluding hydrogens is 467 g/mol. The van der Waals surface area contributed by atoms with Crippen molar-refractivity contribution in [1.29, 1.82) is 0 Å². The van der Waals surface area contributed by atoms with Gasteiger partial charge in [-0.05, 0) is 42.5 Å². The van der Waals surface area contributed by atoms with Crippen LogP contribution in [0.3, 0.4) is 0 Å². The zero-order chi connectivity index (χ0) is 22.4. The maximum absolute atomic E-state index is 12.5. The number of hydrogen-bond donors (Lipinski definition) is 2. The van der Waals surface area contributed by atoms with E-state index in [4.69, 9.17) is 32.7 Å². The van der Waals surface area contributed by atoms with Gasteiger partial charge in [0.2, 0.25) is 5.88 Å². The Morgan fingerprint density at radius 1 is 1.06 bits per heavy atom. The quantitative estimate of drug-likeness (QED) is 0.502. The minimum absolute atomic E-state index is 0.0210. The van der Waals surface area contributed by atoms with E-state index >= 15 is 0 Å². The third-order valence-electron chi connectivity index (χ3n) is 3.79. The standard InChI is InChI=1S/C19H16Cl2N4O5S/c1-29-19-9-17(22-11-23-19)25-31(27,28)14-5-3-13(4-6-14)24-18(26)10-30-16-7-2-12(20)8-15(16)21/h2-9,11H,10H2,1H3,(H,24,26)(H,22,23,25). The molecule has 0 saturated carbocycles. The molecule has 1 aromatic heterocycles. The van der Waals surface area contributed by atoms with Crippen molar-refractivity contribution < 1.29 is 22.7 Å². The van der Waals surface area contributed by atoms with Gasteiger partial charge in [-0.15, -0.1) is 0 Å². The fourth-order valence-electron chi connectivity index (χ4n) is 2.35. The van der Waals surface area contributed by atoms with Gasteiger partial charge in [0.1, 0.15) is 17.9 Å². The predicted octanol–water partition coefficient (Wildman–Crippen LogP) is 3.61. The summed E-state index contributed by atoms with van der Waals surface area (Å²) in [5.41, 5.74) is 0.387. The molecule has 12 heteroatoms. The Balaban J connectivity index is 1.60. The Morgan fingerprint density at radius 3 is 2.48 bits per heavy atom. The number of hydrogen-bond acceptors (Lipinski definition) is 7. The van der Waals surface area contributed by atoms with E-state index < -0.39 is 15.9 Å². The largest absolute Gasteiger partial charge is 0.482 e. The van der Waals surface area contributed by atoms with Crippen molar-refractivity contribution >= 4 is 50.6 Å². The summed E-state index contributed by atoms with van der Waals surface area (Å²) in [4.78, 5) is 19.7. The molecule has 0 aliphatic rings. The van der Waals surface area contributed by atoms with Crippen molar-refractivity contribution in [2.45, 2.75) is 4.90 Å². The molecule has 0 fully saturated rings. The van der Waals surface area contributed by atoms with Gasteiger partial charge in [0.25, 0.3) is 15.9 Å². The van der Waals surface area contributed by atoms with E-state index in [9.17, 15) is 13.2 Å². The summed E-state index contributed by atoms with van der Waals surface area (Å²) >= 11 is 11.8. The average molecular weight is 483 g/mol. The molecule has 3 rings (SSSR count). The van der Waals surface area contributed by atoms with E-state index in [0.717, 1.165) is 0 Å². The van der Waals surface area contributed by atoms with Crippen LogP contribution in [0, 0.1) is 0 Å². The lowest BCUT2D eigenvalue weighted by Crippen LogP contribution is -2.20. The highest BCUT2D eigenvalue weighted by atomic mass is 35.5. The third kappa shape index (κ3) is 6.20. The van der Waals surface area contributed by atoms with Crippen LogP contribution in [0.5, 0.6) is 11.6 Å². The van der Waals surface area contributed by atoms with Crippen LogP contribution in [0.4, 0.5) is 11.5 Å². The van der Waals surface area contributed by atoms with E-state index in [-0.39, 0.29) is 28.2 Å². The molecule has 162 valence electrons. The van der Waals surface area contributed by atoms with Crippen LogP contribution in [0.1, 0.15) is 0 Å². The fourth-order valence-corrected chi connectivity index (χ4v) is 3.82. The topological polar surface area (TPSA) is 120 Å². The summed E-state index contributed by atoms with van der Waals surface area (Å²) in [6.45, 7) is -0.293. The van der Waals surface area contributed by atoms with Gasteiger partial charge >= 0.3 is 0 Å². The molecule has 2 N–H and O–H groups in total. The molecule has 0 radical (unpaired) electrons. The minimum Gasteiger partial charge on any atom is -0.482 e. The Morgan fingerprint density at radius 2 is 1.81 bits per heavy atom. The van der Waals surface area contributed by atoms with Gasteiger partial charge in [-0.1, -0.05) is 23.2 Å². The summed E-state index contributed by atoms with van der Waals surface area (Å²) in [5, 5.41) is 3.33. The van der Waals surface area contributed by atoms with Crippen LogP contribution in [0.15, 0.2) is 59.8 Å². The average Bonchev–Trinajstić information content (AvgIpc) is 2.73. The Labute approximate surface area is 188 Å². The van der Waals surface area contributed by atoms with E-state index in [1.165, 1.54) is 49.8 Å². The predicted molar refractivity (Wildman–Crippen MR) is 116 cm³/mol. The first-order valence-corrected chi connectivity index (χ1v) is 10.9. The smallest absolute Gasteiger partial charge is 0.263 e. The first-order chi connectivity index (χ1) is 14.8. The molecule has 31 heavy (non-hydrogen) atoms. The van der Waals surface area contributed by atoms with Crippen molar-refractivity contribution in [3.05, 3.63) is 64.9 Å². The number of aromatic nitrogens is 2. The highest BCUT2D eigenvalue weighted by Gasteiger charge is 2.16. The molecule has 0 saturated heterocycles. The number of nitrogens with one attached hydrogen (secondary N) is 2. The molecule has 1 heterocycles. The molecule has 0 aliphatic carbocycles. The van der Waals surface area contributed by atoms with Crippen LogP contribution in [-0.4, -0.2) is 38.0 Å². The number of nitrogens with zero attached hydrogens (tertiary/aromatic N) is 2. The Kier molecular flexibility index (Phi) is 7.16. The molecule has 2 aromatic carbocycles. The van der Waals surface area contributed by atoms with Gasteiger partial charge in [0.15, 0.2) is 6.61 Å². The van der Waals surface area contributed by atoms with Gasteiger partial charge < -0.3 is 14.8 Å². The highest BCUT2D eigenvalue weighted by molar-refractivity contribution is 7.92. The van der Waals surface area contributed by atoms with E-state index in [0.29, 0.717) is 16.5 Å². The van der Waals surface area contributed by atoms with Gasteiger partial charge in [0.05, 0.1) is 17.0 Å². The summed E-state index contributed by atoms with van der Waals surface area (Å²) in [6.07, 6.45) is 1.18. The van der Waals surface area contributed by atoms with E-state index in [2.05, 4.69) is 20.0 Å². The first-order valence-electron chi connectivity index (χ1n) is 8.63. The molecule has 0 spiro atoms. The number of benzene rings is 2. The van der Waals surface area contributed by atoms with E-state index in [1.54, 1.807) is 12.1 Å². The van der Waals surface area contributed by atoms with Crippen LogP contribution in [-0.2, 0) is 14.8 Å². The zero-order valence-electron chi connectivity index (χ0n) is 16.0. The number of anilines is 2. The van der Waals surface area contributed by atoms with Gasteiger partial charge in [-0.25, -0.2) is 18.4 Å². The number of methoxy groups -OCH3 is 1. The van der Waals surface area contributed by atoms with Gasteiger partial charge in [0, 0.05) is 16.8 Å². The second kappa shape index (κ2) is 9.82. The molecule has 1 amide bonds. The number of ether oxygens (including phenoxy) is 2. The molecule has 0 atom stereocenters. The van der Waals surface area contributed by atoms with Crippen LogP contribution in [0.2, 0.25) is 10.0 Å². The second-order valence-electron chi connectivity index (χ2n) is 5.99. The summed E-state index contributed by atoms with van der Waals surface area (Å²) in [6, 6.07) is 11.6. The maximum atomic E-state index is 12.5. The number of rotatable bonds is 8. The molecule has 9 nitrogen and oxygen atoms in total. The number of halogens is 2. The first kappa shape index (κ1) is 22.6. The van der Waals surface area contributed by atoms with Crippen LogP contribution in [0.25, 0.3) is 0 Å². The molecule has 0 aliphatic heterocycles. The zero-order valence-corrected chi connectivity index (χ0v) is 18.3. The Hall–Kier alpha value is -3.08. The van der Waals surface area contributed by atoms with Crippen molar-refractivity contribution in [3.8, 4) is 11.6 Å². The lowest BCUT2D eigenvalue weighted by molar-refractivity contribution is -0.118. The minimum atomic E-state index is -3.90. The lowest BCUT2D eigenvalue weighted by Gasteiger charge is -2.10. The van der Waals surface area contributed by atoms with Crippen molar-refractivity contribution in [3.63, 3.8) is 0 Å². The second-order valence-corrected chi connectivity index (χ2v) is 8.51. The molecular formula is C19H16Cl2N4O5S. The van der Waals surface area contributed by atoms with Gasteiger partial charge in [-0.3, -0.25) is 9.52 Å². The van der Waals surface area contributed by atoms with Crippen LogP contribution >= 0.6 is 23.2 Å². The van der Waals surface area contributed by atoms with Crippen molar-refractivity contribution in [2.24, 2.45) is 0 Å². The summed E-state index contributed by atoms with van der Waals surface area (Å²) < 4.78 is 37.6. The summed E-state index contributed by atoms with van der Waals surface area (Å²) in [5.74, 6) is 0.137. The van der Waals surface area contributed by atoms with Gasteiger partial charge in [-0.2, -0.15) is 0 Å². The number of carbonyl (C=O) groups excluding carboxylic acids is 1. The normalized spacial score (nSPS) is 10.9. The summed E-state index contributed by atoms with van der Waals surface area (Å²) in [7, 11) is -2.49.